The van der Waals surface area contributed by atoms with Crippen LogP contribution in [0.3, 0.4) is 0 Å². The van der Waals surface area contributed by atoms with Crippen LogP contribution in [0.5, 0.6) is 0 Å². The zero-order valence-corrected chi connectivity index (χ0v) is 19.7. The first-order valence-electron chi connectivity index (χ1n) is 11.1. The molecular weight excluding hydrogens is 438 g/mol. The molecule has 7 heteroatoms. The quantitative estimate of drug-likeness (QED) is 0.488. The highest BCUT2D eigenvalue weighted by Crippen LogP contribution is 2.41. The fourth-order valence-corrected chi connectivity index (χ4v) is 5.57. The average Bonchev–Trinajstić information content (AvgIpc) is 3.43. The Hall–Kier alpha value is -2.26. The minimum Gasteiger partial charge on any atom is -0.399 e. The molecule has 1 aromatic heterocycles. The topological polar surface area (TPSA) is 94.2 Å². The van der Waals surface area contributed by atoms with Gasteiger partial charge in [-0.2, -0.15) is 0 Å². The summed E-state index contributed by atoms with van der Waals surface area (Å²) in [5.74, 6) is -0.811. The summed E-state index contributed by atoms with van der Waals surface area (Å²) in [5.41, 5.74) is 10.8. The van der Waals surface area contributed by atoms with Crippen LogP contribution in [-0.2, 0) is 20.6 Å². The van der Waals surface area contributed by atoms with Crippen LogP contribution in [0, 0.1) is 6.92 Å². The Balaban J connectivity index is 1.33. The highest BCUT2D eigenvalue weighted by Gasteiger charge is 2.56. The highest BCUT2D eigenvalue weighted by molar-refractivity contribution is 7.15. The molecule has 0 aliphatic carbocycles. The lowest BCUT2D eigenvalue weighted by Gasteiger charge is -2.26. The summed E-state index contributed by atoms with van der Waals surface area (Å²) in [6.45, 7) is 5.62. The van der Waals surface area contributed by atoms with E-state index >= 15 is 0 Å². The number of benzene rings is 2. The van der Waals surface area contributed by atoms with Gasteiger partial charge in [0.2, 0.25) is 0 Å². The molecule has 6 nitrogen and oxygen atoms in total. The van der Waals surface area contributed by atoms with E-state index < -0.39 is 36.5 Å². The van der Waals surface area contributed by atoms with Gasteiger partial charge in [-0.1, -0.05) is 30.3 Å². The van der Waals surface area contributed by atoms with Crippen LogP contribution in [0.15, 0.2) is 54.6 Å². The number of anilines is 1. The van der Waals surface area contributed by atoms with Gasteiger partial charge in [-0.25, -0.2) is 0 Å². The smallest absolute Gasteiger partial charge is 0.190 e. The lowest BCUT2D eigenvalue weighted by Crippen LogP contribution is -2.37. The van der Waals surface area contributed by atoms with Crippen LogP contribution in [-0.4, -0.2) is 40.6 Å². The van der Waals surface area contributed by atoms with Crippen molar-refractivity contribution in [2.24, 2.45) is 0 Å². The summed E-state index contributed by atoms with van der Waals surface area (Å²) < 4.78 is 17.3. The van der Waals surface area contributed by atoms with Crippen molar-refractivity contribution in [3.8, 4) is 10.4 Å². The van der Waals surface area contributed by atoms with Gasteiger partial charge in [0.15, 0.2) is 12.1 Å². The fraction of sp³-hybridized carbons (Fsp3) is 0.385. The van der Waals surface area contributed by atoms with Crippen LogP contribution < -0.4 is 5.73 Å². The summed E-state index contributed by atoms with van der Waals surface area (Å²) >= 11 is 1.73. The van der Waals surface area contributed by atoms with Crippen LogP contribution >= 0.6 is 11.3 Å². The maximum atomic E-state index is 11.0. The van der Waals surface area contributed by atoms with Crippen molar-refractivity contribution in [2.45, 2.75) is 63.7 Å². The Morgan fingerprint density at radius 1 is 1.09 bits per heavy atom. The maximum absolute atomic E-state index is 11.0. The Morgan fingerprint density at radius 2 is 1.91 bits per heavy atom. The fourth-order valence-electron chi connectivity index (χ4n) is 4.54. The summed E-state index contributed by atoms with van der Waals surface area (Å²) in [6, 6.07) is 18.0. The lowest BCUT2D eigenvalue weighted by atomic mass is 9.94. The van der Waals surface area contributed by atoms with Gasteiger partial charge < -0.3 is 30.2 Å². The number of rotatable bonds is 5. The van der Waals surface area contributed by atoms with E-state index in [-0.39, 0.29) is 0 Å². The normalized spacial score (nSPS) is 26.9. The zero-order valence-electron chi connectivity index (χ0n) is 18.9. The second-order valence-electron chi connectivity index (χ2n) is 9.26. The number of nitrogen functional groups attached to an aromatic ring is 1. The summed E-state index contributed by atoms with van der Waals surface area (Å²) in [6.07, 6.45) is -3.33. The number of aliphatic hydroxyl groups is 2. The number of hydrogen-bond donors (Lipinski definition) is 3. The number of fused-ring (bicyclic) bond motifs is 1. The minimum absolute atomic E-state index is 0.610. The third kappa shape index (κ3) is 4.45. The predicted octanol–water partition coefficient (Wildman–Crippen LogP) is 4.17. The number of aryl methyl sites for hydroxylation is 1. The second kappa shape index (κ2) is 8.51. The number of hydrogen-bond acceptors (Lipinski definition) is 7. The molecule has 0 spiro atoms. The van der Waals surface area contributed by atoms with E-state index in [0.717, 1.165) is 28.8 Å². The van der Waals surface area contributed by atoms with Gasteiger partial charge >= 0.3 is 0 Å². The van der Waals surface area contributed by atoms with Crippen LogP contribution in [0.25, 0.3) is 10.4 Å². The molecule has 2 fully saturated rings. The largest absolute Gasteiger partial charge is 0.399 e. The van der Waals surface area contributed by atoms with Gasteiger partial charge in [0.25, 0.3) is 0 Å². The number of ether oxygens (including phenoxy) is 3. The van der Waals surface area contributed by atoms with E-state index in [1.165, 1.54) is 9.75 Å². The van der Waals surface area contributed by atoms with E-state index in [1.807, 2.05) is 36.4 Å². The van der Waals surface area contributed by atoms with Gasteiger partial charge in [0.05, 0.1) is 0 Å². The van der Waals surface area contributed by atoms with Crippen molar-refractivity contribution in [3.05, 3.63) is 76.2 Å². The van der Waals surface area contributed by atoms with Gasteiger partial charge in [0.1, 0.15) is 24.4 Å². The molecule has 0 bridgehead atoms. The van der Waals surface area contributed by atoms with Crippen LogP contribution in [0.4, 0.5) is 5.69 Å². The highest BCUT2D eigenvalue weighted by atomic mass is 32.1. The molecule has 174 valence electrons. The third-order valence-electron chi connectivity index (χ3n) is 6.28. The summed E-state index contributed by atoms with van der Waals surface area (Å²) in [5, 5.41) is 21.7. The zero-order chi connectivity index (χ0) is 23.3. The molecular formula is C26H29NO5S. The molecule has 2 aliphatic heterocycles. The minimum atomic E-state index is -0.994. The lowest BCUT2D eigenvalue weighted by molar-refractivity contribution is -0.226. The molecule has 1 unspecified atom stereocenters. The third-order valence-corrected chi connectivity index (χ3v) is 7.41. The Kier molecular flexibility index (Phi) is 5.81. The predicted molar refractivity (Wildman–Crippen MR) is 128 cm³/mol. The Labute approximate surface area is 197 Å². The monoisotopic (exact) mass is 467 g/mol. The molecule has 3 aromatic rings. The average molecular weight is 468 g/mol. The Morgan fingerprint density at radius 3 is 2.67 bits per heavy atom. The molecule has 2 saturated heterocycles. The van der Waals surface area contributed by atoms with Gasteiger partial charge in [0, 0.05) is 21.9 Å². The first-order valence-corrected chi connectivity index (χ1v) is 11.9. The van der Waals surface area contributed by atoms with Gasteiger partial charge in [-0.05, 0) is 67.3 Å². The number of aliphatic hydroxyl groups excluding tert-OH is 2. The molecule has 0 amide bonds. The molecule has 3 heterocycles. The standard InChI is InChI=1S/C26H29NO5S/c1-14-7-8-16(21(28)23-22(29)24-25(30-23)32-26(2,3)31-24)11-17(14)13-19-9-10-20(33-19)15-5-4-6-18(27)12-15/h4-12,21-25,28-29H,13,27H2,1-3H3/t21?,22-,23+,24+,25+/m1/s1. The van der Waals surface area contributed by atoms with Gasteiger partial charge in [-0.3, -0.25) is 0 Å². The van der Waals surface area contributed by atoms with Crippen molar-refractivity contribution >= 4 is 17.0 Å². The van der Waals surface area contributed by atoms with Crippen molar-refractivity contribution in [1.29, 1.82) is 0 Å². The van der Waals surface area contributed by atoms with Crippen LogP contribution in [0.2, 0.25) is 0 Å². The van der Waals surface area contributed by atoms with Gasteiger partial charge in [-0.15, -0.1) is 11.3 Å². The molecule has 4 N–H and O–H groups in total. The molecule has 2 aliphatic rings. The molecule has 5 rings (SSSR count). The molecule has 0 radical (unpaired) electrons. The first-order chi connectivity index (χ1) is 15.7. The van der Waals surface area contributed by atoms with Crippen LogP contribution in [0.1, 0.15) is 41.5 Å². The Bertz CT molecular complexity index is 1160. The maximum Gasteiger partial charge on any atom is 0.190 e. The summed E-state index contributed by atoms with van der Waals surface area (Å²) in [7, 11) is 0. The molecule has 2 aromatic carbocycles. The molecule has 0 saturated carbocycles. The molecule has 5 atom stereocenters. The van der Waals surface area contributed by atoms with Crippen molar-refractivity contribution in [1.82, 2.24) is 0 Å². The summed E-state index contributed by atoms with van der Waals surface area (Å²) in [4.78, 5) is 2.39. The van der Waals surface area contributed by atoms with E-state index in [1.54, 1.807) is 25.2 Å². The van der Waals surface area contributed by atoms with Crippen molar-refractivity contribution < 1.29 is 24.4 Å². The van der Waals surface area contributed by atoms with E-state index in [9.17, 15) is 10.2 Å². The SMILES string of the molecule is Cc1ccc(C(O)[C@@H]2O[C@H]3OC(C)(C)O[C@H]3[C@@H]2O)cc1Cc1ccc(-c2cccc(N)c2)s1. The number of nitrogens with two attached hydrogens (primary N) is 1. The van der Waals surface area contributed by atoms with Crippen molar-refractivity contribution in [3.63, 3.8) is 0 Å². The van der Waals surface area contributed by atoms with E-state index in [2.05, 4.69) is 25.1 Å². The van der Waals surface area contributed by atoms with E-state index in [0.29, 0.717) is 5.56 Å². The second-order valence-corrected chi connectivity index (χ2v) is 10.4. The first kappa shape index (κ1) is 22.5. The van der Waals surface area contributed by atoms with Crippen molar-refractivity contribution in [2.75, 3.05) is 5.73 Å². The van der Waals surface area contributed by atoms with E-state index in [4.69, 9.17) is 19.9 Å². The number of thiophene rings is 1. The molecule has 33 heavy (non-hydrogen) atoms.